The normalized spacial score (nSPS) is 15.5. The number of rotatable bonds is 2. The van der Waals surface area contributed by atoms with Gasteiger partial charge in [-0.15, -0.1) is 0 Å². The van der Waals surface area contributed by atoms with Crippen molar-refractivity contribution in [1.82, 2.24) is 0 Å². The van der Waals surface area contributed by atoms with Gasteiger partial charge in [0.2, 0.25) is 0 Å². The van der Waals surface area contributed by atoms with E-state index in [-0.39, 0.29) is 5.82 Å². The van der Waals surface area contributed by atoms with Crippen LogP contribution in [0.5, 0.6) is 0 Å². The lowest BCUT2D eigenvalue weighted by molar-refractivity contribution is 0.626. The lowest BCUT2D eigenvalue weighted by Crippen LogP contribution is -2.00. The van der Waals surface area contributed by atoms with Gasteiger partial charge in [0.25, 0.3) is 0 Å². The maximum atomic E-state index is 13.0. The van der Waals surface area contributed by atoms with Crippen molar-refractivity contribution in [3.8, 4) is 0 Å². The Balaban J connectivity index is 2.33. The molecule has 1 aliphatic rings. The van der Waals surface area contributed by atoms with Gasteiger partial charge >= 0.3 is 0 Å². The van der Waals surface area contributed by atoms with Gasteiger partial charge in [-0.2, -0.15) is 11.8 Å². The van der Waals surface area contributed by atoms with Crippen LogP contribution in [0, 0.1) is 12.2 Å². The Morgan fingerprint density at radius 2 is 2.27 bits per heavy atom. The Morgan fingerprint density at radius 1 is 1.40 bits per heavy atom. The largest absolute Gasteiger partial charge is 0.257 e. The molecule has 0 saturated heterocycles. The van der Waals surface area contributed by atoms with Gasteiger partial charge in [-0.25, -0.2) is 4.39 Å². The summed E-state index contributed by atoms with van der Waals surface area (Å²) in [4.78, 5) is 4.57. The van der Waals surface area contributed by atoms with E-state index in [4.69, 9.17) is 0 Å². The molecular formula is C12H13FNS. The van der Waals surface area contributed by atoms with Gasteiger partial charge in [-0.05, 0) is 49.3 Å². The second kappa shape index (κ2) is 4.79. The fourth-order valence-electron chi connectivity index (χ4n) is 1.69. The summed E-state index contributed by atoms with van der Waals surface area (Å²) in [6.45, 7) is 0. The molecular weight excluding hydrogens is 209 g/mol. The van der Waals surface area contributed by atoms with E-state index in [1.807, 2.05) is 0 Å². The highest BCUT2D eigenvalue weighted by molar-refractivity contribution is 7.99. The van der Waals surface area contributed by atoms with E-state index in [2.05, 4.69) is 17.7 Å². The Bertz CT molecular complexity index is 387. The SMILES string of the molecule is CSCC1=Nc2ccc(F)cc2C[CH]C1. The Hall–Kier alpha value is -0.830. The van der Waals surface area contributed by atoms with Crippen LogP contribution in [0.4, 0.5) is 10.1 Å². The van der Waals surface area contributed by atoms with Crippen LogP contribution >= 0.6 is 11.8 Å². The number of hydrogen-bond donors (Lipinski definition) is 0. The number of fused-ring (bicyclic) bond motifs is 1. The minimum absolute atomic E-state index is 0.175. The first-order valence-electron chi connectivity index (χ1n) is 4.95. The van der Waals surface area contributed by atoms with Crippen molar-refractivity contribution in [2.24, 2.45) is 4.99 Å². The Kier molecular flexibility index (Phi) is 3.41. The number of thioether (sulfide) groups is 1. The number of aliphatic imine (C=N–C) groups is 1. The molecule has 0 fully saturated rings. The van der Waals surface area contributed by atoms with Crippen molar-refractivity contribution in [3.63, 3.8) is 0 Å². The van der Waals surface area contributed by atoms with Gasteiger partial charge in [-0.3, -0.25) is 4.99 Å². The van der Waals surface area contributed by atoms with Gasteiger partial charge in [-0.1, -0.05) is 0 Å². The van der Waals surface area contributed by atoms with E-state index in [1.54, 1.807) is 23.9 Å². The molecule has 1 aliphatic heterocycles. The highest BCUT2D eigenvalue weighted by atomic mass is 32.2. The predicted octanol–water partition coefficient (Wildman–Crippen LogP) is 3.41. The third-order valence-corrected chi connectivity index (χ3v) is 3.00. The predicted molar refractivity (Wildman–Crippen MR) is 64.5 cm³/mol. The minimum atomic E-state index is -0.175. The number of hydrogen-bond acceptors (Lipinski definition) is 2. The highest BCUT2D eigenvalue weighted by Gasteiger charge is 2.10. The van der Waals surface area contributed by atoms with Gasteiger partial charge in [0.05, 0.1) is 5.69 Å². The van der Waals surface area contributed by atoms with Crippen LogP contribution in [0.25, 0.3) is 0 Å². The van der Waals surface area contributed by atoms with Crippen molar-refractivity contribution >= 4 is 23.2 Å². The van der Waals surface area contributed by atoms with Gasteiger partial charge in [0.15, 0.2) is 0 Å². The van der Waals surface area contributed by atoms with E-state index >= 15 is 0 Å². The Morgan fingerprint density at radius 3 is 3.07 bits per heavy atom. The van der Waals surface area contributed by atoms with Crippen LogP contribution < -0.4 is 0 Å². The molecule has 1 aromatic carbocycles. The smallest absolute Gasteiger partial charge is 0.123 e. The molecule has 1 heterocycles. The van der Waals surface area contributed by atoms with Crippen LogP contribution in [0.3, 0.4) is 0 Å². The molecule has 0 N–H and O–H groups in total. The summed E-state index contributed by atoms with van der Waals surface area (Å²) in [6, 6.07) is 4.83. The average Bonchev–Trinajstić information content (AvgIpc) is 2.40. The first kappa shape index (κ1) is 10.7. The van der Waals surface area contributed by atoms with Crippen molar-refractivity contribution < 1.29 is 4.39 Å². The molecule has 1 nitrogen and oxygen atoms in total. The summed E-state index contributed by atoms with van der Waals surface area (Å²) < 4.78 is 13.0. The quantitative estimate of drug-likeness (QED) is 0.747. The highest BCUT2D eigenvalue weighted by Crippen LogP contribution is 2.26. The molecule has 2 rings (SSSR count). The van der Waals surface area contributed by atoms with Gasteiger partial charge in [0.1, 0.15) is 5.82 Å². The zero-order valence-corrected chi connectivity index (χ0v) is 9.48. The van der Waals surface area contributed by atoms with Crippen molar-refractivity contribution in [3.05, 3.63) is 36.0 Å². The van der Waals surface area contributed by atoms with Crippen molar-refractivity contribution in [2.45, 2.75) is 12.8 Å². The number of benzene rings is 1. The van der Waals surface area contributed by atoms with E-state index in [9.17, 15) is 4.39 Å². The topological polar surface area (TPSA) is 12.4 Å². The first-order valence-corrected chi connectivity index (χ1v) is 6.34. The molecule has 0 aliphatic carbocycles. The summed E-state index contributed by atoms with van der Waals surface area (Å²) in [7, 11) is 0. The van der Waals surface area contributed by atoms with Gasteiger partial charge in [0, 0.05) is 11.5 Å². The first-order chi connectivity index (χ1) is 7.29. The molecule has 79 valence electrons. The summed E-state index contributed by atoms with van der Waals surface area (Å²) in [5.74, 6) is 0.776. The zero-order chi connectivity index (χ0) is 10.7. The second-order valence-corrected chi connectivity index (χ2v) is 4.45. The molecule has 15 heavy (non-hydrogen) atoms. The lowest BCUT2D eigenvalue weighted by Gasteiger charge is -2.02. The zero-order valence-electron chi connectivity index (χ0n) is 8.66. The van der Waals surface area contributed by atoms with Gasteiger partial charge < -0.3 is 0 Å². The molecule has 0 amide bonds. The summed E-state index contributed by atoms with van der Waals surface area (Å²) in [5.41, 5.74) is 3.09. The van der Waals surface area contributed by atoms with Crippen LogP contribution in [0.2, 0.25) is 0 Å². The van der Waals surface area contributed by atoms with Crippen LogP contribution in [0.1, 0.15) is 12.0 Å². The molecule has 0 aromatic heterocycles. The molecule has 1 radical (unpaired) electrons. The molecule has 0 spiro atoms. The fraction of sp³-hybridized carbons (Fsp3) is 0.333. The Labute approximate surface area is 93.8 Å². The van der Waals surface area contributed by atoms with Crippen molar-refractivity contribution in [2.75, 3.05) is 12.0 Å². The maximum absolute atomic E-state index is 13.0. The third kappa shape index (κ3) is 2.59. The van der Waals surface area contributed by atoms with Crippen LogP contribution in [-0.2, 0) is 6.42 Å². The molecule has 0 atom stereocenters. The molecule has 3 heteroatoms. The molecule has 0 bridgehead atoms. The van der Waals surface area contributed by atoms with Crippen LogP contribution in [0.15, 0.2) is 23.2 Å². The second-order valence-electron chi connectivity index (χ2n) is 3.58. The summed E-state index contributed by atoms with van der Waals surface area (Å²) in [6.07, 6.45) is 5.96. The summed E-state index contributed by atoms with van der Waals surface area (Å²) >= 11 is 1.77. The molecule has 0 unspecified atom stereocenters. The van der Waals surface area contributed by atoms with E-state index < -0.39 is 0 Å². The van der Waals surface area contributed by atoms with E-state index in [0.717, 1.165) is 29.8 Å². The standard InChI is InChI=1S/C12H13FNS/c1-15-8-11-4-2-3-9-7-10(13)5-6-12(9)14-11/h2,5-7H,3-4,8H2,1H3. The summed E-state index contributed by atoms with van der Waals surface area (Å²) in [5, 5.41) is 0. The van der Waals surface area contributed by atoms with E-state index in [1.165, 1.54) is 11.8 Å². The number of nitrogens with zero attached hydrogens (tertiary/aromatic N) is 1. The fourth-order valence-corrected chi connectivity index (χ4v) is 2.21. The molecule has 1 aromatic rings. The lowest BCUT2D eigenvalue weighted by atomic mass is 10.1. The monoisotopic (exact) mass is 222 g/mol. The van der Waals surface area contributed by atoms with E-state index in [0.29, 0.717) is 0 Å². The third-order valence-electron chi connectivity index (χ3n) is 2.38. The molecule has 0 saturated carbocycles. The maximum Gasteiger partial charge on any atom is 0.123 e. The minimum Gasteiger partial charge on any atom is -0.257 e. The van der Waals surface area contributed by atoms with Crippen molar-refractivity contribution in [1.29, 1.82) is 0 Å². The van der Waals surface area contributed by atoms with Crippen LogP contribution in [-0.4, -0.2) is 17.7 Å². The number of halogens is 1. The average molecular weight is 222 g/mol.